The SMILES string of the molecule is Cc1nc2c(c3c1CNCC3)CN(C(=O)CC1CN(c3cncnc3)C1)C2.Cl. The van der Waals surface area contributed by atoms with Gasteiger partial charge in [0.2, 0.25) is 5.91 Å². The number of nitrogens with one attached hydrogen (secondary N) is 1. The molecular formula is C20H25ClN6O. The van der Waals surface area contributed by atoms with E-state index in [4.69, 9.17) is 4.98 Å². The Labute approximate surface area is 171 Å². The minimum Gasteiger partial charge on any atom is -0.368 e. The first-order chi connectivity index (χ1) is 13.2. The lowest BCUT2D eigenvalue weighted by Crippen LogP contribution is -2.48. The van der Waals surface area contributed by atoms with Crippen molar-refractivity contribution in [2.24, 2.45) is 5.92 Å². The summed E-state index contributed by atoms with van der Waals surface area (Å²) in [4.78, 5) is 30.0. The van der Waals surface area contributed by atoms with Crippen molar-refractivity contribution in [3.8, 4) is 0 Å². The van der Waals surface area contributed by atoms with Crippen molar-refractivity contribution in [3.63, 3.8) is 0 Å². The van der Waals surface area contributed by atoms with Crippen molar-refractivity contribution in [2.75, 3.05) is 24.5 Å². The number of nitrogens with zero attached hydrogens (tertiary/aromatic N) is 5. The first-order valence-corrected chi connectivity index (χ1v) is 9.67. The molecule has 0 radical (unpaired) electrons. The van der Waals surface area contributed by atoms with Crippen molar-refractivity contribution >= 4 is 24.0 Å². The molecule has 3 aliphatic rings. The van der Waals surface area contributed by atoms with Gasteiger partial charge in [0.05, 0.1) is 30.3 Å². The monoisotopic (exact) mass is 400 g/mol. The number of fused-ring (bicyclic) bond motifs is 3. The number of hydrogen-bond donors (Lipinski definition) is 1. The molecule has 0 atom stereocenters. The van der Waals surface area contributed by atoms with E-state index in [2.05, 4.69) is 27.1 Å². The quantitative estimate of drug-likeness (QED) is 0.843. The summed E-state index contributed by atoms with van der Waals surface area (Å²) in [7, 11) is 0. The first kappa shape index (κ1) is 19.1. The molecule has 5 rings (SSSR count). The van der Waals surface area contributed by atoms with Gasteiger partial charge in [-0.25, -0.2) is 9.97 Å². The largest absolute Gasteiger partial charge is 0.368 e. The van der Waals surface area contributed by atoms with Gasteiger partial charge in [-0.3, -0.25) is 9.78 Å². The van der Waals surface area contributed by atoms with Crippen LogP contribution in [0.15, 0.2) is 18.7 Å². The minimum atomic E-state index is 0. The zero-order chi connectivity index (χ0) is 18.4. The fraction of sp³-hybridized carbons (Fsp3) is 0.500. The molecule has 0 aromatic carbocycles. The number of aryl methyl sites for hydroxylation is 1. The van der Waals surface area contributed by atoms with Crippen LogP contribution in [0.2, 0.25) is 0 Å². The molecule has 5 heterocycles. The second kappa shape index (κ2) is 7.64. The van der Waals surface area contributed by atoms with Crippen LogP contribution in [-0.2, 0) is 30.8 Å². The predicted molar refractivity (Wildman–Crippen MR) is 108 cm³/mol. The smallest absolute Gasteiger partial charge is 0.223 e. The molecule has 2 aromatic heterocycles. The van der Waals surface area contributed by atoms with Crippen molar-refractivity contribution < 1.29 is 4.79 Å². The summed E-state index contributed by atoms with van der Waals surface area (Å²) < 4.78 is 0. The van der Waals surface area contributed by atoms with Crippen LogP contribution in [0.4, 0.5) is 5.69 Å². The second-order valence-corrected chi connectivity index (χ2v) is 7.83. The molecular weight excluding hydrogens is 376 g/mol. The van der Waals surface area contributed by atoms with Gasteiger partial charge in [-0.1, -0.05) is 0 Å². The molecule has 1 saturated heterocycles. The molecule has 28 heavy (non-hydrogen) atoms. The molecule has 0 unspecified atom stereocenters. The number of carbonyl (C=O) groups excluding carboxylic acids is 1. The van der Waals surface area contributed by atoms with Gasteiger partial charge in [-0.2, -0.15) is 0 Å². The highest BCUT2D eigenvalue weighted by Gasteiger charge is 2.34. The van der Waals surface area contributed by atoms with Crippen molar-refractivity contribution in [1.82, 2.24) is 25.2 Å². The van der Waals surface area contributed by atoms with E-state index >= 15 is 0 Å². The minimum absolute atomic E-state index is 0. The Kier molecular flexibility index (Phi) is 5.21. The standard InChI is InChI=1S/C20H24N6O.ClH/c1-13-17-7-21-3-2-16(17)18-10-26(11-19(18)24-13)20(27)4-14-8-25(9-14)15-5-22-12-23-6-15;/h5-6,12,14,21H,2-4,7-11H2,1H3;1H. The molecule has 0 saturated carbocycles. The third-order valence-corrected chi connectivity index (χ3v) is 6.04. The summed E-state index contributed by atoms with van der Waals surface area (Å²) >= 11 is 0. The lowest BCUT2D eigenvalue weighted by atomic mass is 9.94. The summed E-state index contributed by atoms with van der Waals surface area (Å²) in [6.45, 7) is 7.20. The maximum Gasteiger partial charge on any atom is 0.223 e. The van der Waals surface area contributed by atoms with Gasteiger partial charge >= 0.3 is 0 Å². The zero-order valence-electron chi connectivity index (χ0n) is 16.0. The average molecular weight is 401 g/mol. The number of pyridine rings is 1. The summed E-state index contributed by atoms with van der Waals surface area (Å²) in [6, 6.07) is 0. The van der Waals surface area contributed by atoms with Crippen LogP contribution in [0.1, 0.15) is 34.5 Å². The molecule has 8 heteroatoms. The fourth-order valence-corrected chi connectivity index (χ4v) is 4.54. The summed E-state index contributed by atoms with van der Waals surface area (Å²) in [6.07, 6.45) is 6.85. The fourth-order valence-electron chi connectivity index (χ4n) is 4.54. The third kappa shape index (κ3) is 3.33. The highest BCUT2D eigenvalue weighted by molar-refractivity contribution is 5.85. The summed E-state index contributed by atoms with van der Waals surface area (Å²) in [5, 5.41) is 3.43. The molecule has 1 N–H and O–H groups in total. The van der Waals surface area contributed by atoms with Gasteiger partial charge in [0.1, 0.15) is 6.33 Å². The van der Waals surface area contributed by atoms with E-state index in [-0.39, 0.29) is 18.3 Å². The normalized spacial score (nSPS) is 18.2. The van der Waals surface area contributed by atoms with Gasteiger partial charge < -0.3 is 15.1 Å². The number of carbonyl (C=O) groups is 1. The Morgan fingerprint density at radius 3 is 2.75 bits per heavy atom. The van der Waals surface area contributed by atoms with E-state index < -0.39 is 0 Å². The van der Waals surface area contributed by atoms with Gasteiger partial charge in [-0.15, -0.1) is 12.4 Å². The number of halogens is 1. The lowest BCUT2D eigenvalue weighted by Gasteiger charge is -2.40. The molecule has 0 spiro atoms. The van der Waals surface area contributed by atoms with Crippen LogP contribution in [0.3, 0.4) is 0 Å². The Bertz CT molecular complexity index is 884. The second-order valence-electron chi connectivity index (χ2n) is 7.83. The van der Waals surface area contributed by atoms with Crippen LogP contribution in [0.5, 0.6) is 0 Å². The molecule has 0 bridgehead atoms. The Morgan fingerprint density at radius 2 is 1.96 bits per heavy atom. The van der Waals surface area contributed by atoms with Crippen molar-refractivity contribution in [1.29, 1.82) is 0 Å². The van der Waals surface area contributed by atoms with Gasteiger partial charge in [0.25, 0.3) is 0 Å². The van der Waals surface area contributed by atoms with E-state index in [1.807, 2.05) is 17.3 Å². The maximum absolute atomic E-state index is 12.9. The highest BCUT2D eigenvalue weighted by Crippen LogP contribution is 2.32. The molecule has 2 aromatic rings. The van der Waals surface area contributed by atoms with E-state index in [0.29, 0.717) is 18.9 Å². The van der Waals surface area contributed by atoms with Crippen LogP contribution in [0.25, 0.3) is 0 Å². The van der Waals surface area contributed by atoms with Crippen LogP contribution in [0, 0.1) is 12.8 Å². The van der Waals surface area contributed by atoms with E-state index in [0.717, 1.165) is 56.2 Å². The number of amides is 1. The van der Waals surface area contributed by atoms with Crippen LogP contribution < -0.4 is 10.2 Å². The van der Waals surface area contributed by atoms with E-state index in [1.54, 1.807) is 6.33 Å². The highest BCUT2D eigenvalue weighted by atomic mass is 35.5. The average Bonchev–Trinajstić information content (AvgIpc) is 3.09. The number of anilines is 1. The first-order valence-electron chi connectivity index (χ1n) is 9.67. The Balaban J connectivity index is 0.00000192. The molecule has 1 amide bonds. The maximum atomic E-state index is 12.9. The number of rotatable bonds is 3. The Hall–Kier alpha value is -2.25. The number of aromatic nitrogens is 3. The summed E-state index contributed by atoms with van der Waals surface area (Å²) in [5.41, 5.74) is 7.35. The van der Waals surface area contributed by atoms with E-state index in [9.17, 15) is 4.79 Å². The van der Waals surface area contributed by atoms with Crippen molar-refractivity contribution in [3.05, 3.63) is 46.8 Å². The summed E-state index contributed by atoms with van der Waals surface area (Å²) in [5.74, 6) is 0.663. The van der Waals surface area contributed by atoms with Crippen LogP contribution >= 0.6 is 12.4 Å². The Morgan fingerprint density at radius 1 is 1.18 bits per heavy atom. The van der Waals surface area contributed by atoms with Gasteiger partial charge in [-0.05, 0) is 36.6 Å². The molecule has 0 aliphatic carbocycles. The van der Waals surface area contributed by atoms with Crippen LogP contribution in [-0.4, -0.2) is 45.4 Å². The molecule has 3 aliphatic heterocycles. The lowest BCUT2D eigenvalue weighted by molar-refractivity contribution is -0.133. The van der Waals surface area contributed by atoms with Gasteiger partial charge in [0, 0.05) is 44.2 Å². The molecule has 148 valence electrons. The molecule has 7 nitrogen and oxygen atoms in total. The van der Waals surface area contributed by atoms with Crippen molar-refractivity contribution in [2.45, 2.75) is 39.4 Å². The third-order valence-electron chi connectivity index (χ3n) is 6.04. The van der Waals surface area contributed by atoms with E-state index in [1.165, 1.54) is 16.7 Å². The van der Waals surface area contributed by atoms with Gasteiger partial charge in [0.15, 0.2) is 0 Å². The zero-order valence-corrected chi connectivity index (χ0v) is 16.8. The predicted octanol–water partition coefficient (Wildman–Crippen LogP) is 1.62. The number of hydrogen-bond acceptors (Lipinski definition) is 6. The molecule has 1 fully saturated rings. The topological polar surface area (TPSA) is 74.2 Å².